The van der Waals surface area contributed by atoms with Gasteiger partial charge in [0, 0.05) is 18.9 Å². The summed E-state index contributed by atoms with van der Waals surface area (Å²) in [5.41, 5.74) is 1.73. The van der Waals surface area contributed by atoms with Gasteiger partial charge in [-0.1, -0.05) is 20.8 Å². The minimum atomic E-state index is -0.0592. The summed E-state index contributed by atoms with van der Waals surface area (Å²) in [7, 11) is 0. The molecule has 3 nitrogen and oxygen atoms in total. The van der Waals surface area contributed by atoms with Gasteiger partial charge in [-0.3, -0.25) is 9.78 Å². The lowest BCUT2D eigenvalue weighted by atomic mass is 9.87. The third kappa shape index (κ3) is 3.05. The average Bonchev–Trinajstić information content (AvgIpc) is 2.17. The number of hydrogen-bond acceptors (Lipinski definition) is 2. The van der Waals surface area contributed by atoms with Crippen molar-refractivity contribution in [1.29, 1.82) is 0 Å². The number of carbonyl (C=O) groups excluding carboxylic acids is 1. The van der Waals surface area contributed by atoms with E-state index in [1.807, 2.05) is 19.2 Å². The molecule has 0 fully saturated rings. The molecule has 3 heteroatoms. The van der Waals surface area contributed by atoms with Gasteiger partial charge in [0.25, 0.3) is 5.91 Å². The number of pyridine rings is 1. The molecule has 0 aliphatic rings. The fourth-order valence-electron chi connectivity index (χ4n) is 1.24. The largest absolute Gasteiger partial charge is 0.352 e. The van der Waals surface area contributed by atoms with Gasteiger partial charge in [-0.05, 0) is 24.0 Å². The quantitative estimate of drug-likeness (QED) is 0.805. The Balaban J connectivity index is 2.98. The van der Waals surface area contributed by atoms with Crippen molar-refractivity contribution in [2.75, 3.05) is 6.54 Å². The van der Waals surface area contributed by atoms with E-state index >= 15 is 0 Å². The van der Waals surface area contributed by atoms with E-state index in [1.54, 1.807) is 6.20 Å². The SMILES string of the molecule is CCNC(=O)c1cncc(C(C)(C)C)c1. The Morgan fingerprint density at radius 3 is 2.60 bits per heavy atom. The maximum Gasteiger partial charge on any atom is 0.252 e. The van der Waals surface area contributed by atoms with E-state index < -0.39 is 0 Å². The minimum Gasteiger partial charge on any atom is -0.352 e. The van der Waals surface area contributed by atoms with E-state index in [4.69, 9.17) is 0 Å². The molecule has 0 atom stereocenters. The van der Waals surface area contributed by atoms with Crippen molar-refractivity contribution >= 4 is 5.91 Å². The first-order chi connectivity index (χ1) is 6.95. The van der Waals surface area contributed by atoms with Crippen LogP contribution in [0.1, 0.15) is 43.6 Å². The van der Waals surface area contributed by atoms with E-state index in [0.29, 0.717) is 12.1 Å². The van der Waals surface area contributed by atoms with E-state index in [1.165, 1.54) is 0 Å². The molecule has 0 aliphatic carbocycles. The van der Waals surface area contributed by atoms with Crippen LogP contribution in [0.4, 0.5) is 0 Å². The molecule has 82 valence electrons. The Morgan fingerprint density at radius 1 is 1.40 bits per heavy atom. The third-order valence-electron chi connectivity index (χ3n) is 2.20. The summed E-state index contributed by atoms with van der Waals surface area (Å²) in [6.45, 7) is 8.85. The predicted octanol–water partition coefficient (Wildman–Crippen LogP) is 2.13. The van der Waals surface area contributed by atoms with Gasteiger partial charge in [0.05, 0.1) is 5.56 Å². The number of rotatable bonds is 2. The number of carbonyl (C=O) groups is 1. The first-order valence-corrected chi connectivity index (χ1v) is 5.19. The fourth-order valence-corrected chi connectivity index (χ4v) is 1.24. The van der Waals surface area contributed by atoms with Gasteiger partial charge in [0.1, 0.15) is 0 Å². The Bertz CT molecular complexity index is 353. The number of nitrogens with one attached hydrogen (secondary N) is 1. The summed E-state index contributed by atoms with van der Waals surface area (Å²) in [6.07, 6.45) is 3.41. The molecule has 1 aromatic heterocycles. The van der Waals surface area contributed by atoms with Crippen molar-refractivity contribution in [2.24, 2.45) is 0 Å². The van der Waals surface area contributed by atoms with Crippen LogP contribution in [0.3, 0.4) is 0 Å². The zero-order valence-corrected chi connectivity index (χ0v) is 9.79. The molecule has 0 saturated carbocycles. The van der Waals surface area contributed by atoms with Gasteiger partial charge in [0.15, 0.2) is 0 Å². The van der Waals surface area contributed by atoms with Crippen LogP contribution >= 0.6 is 0 Å². The minimum absolute atomic E-state index is 0.0233. The van der Waals surface area contributed by atoms with E-state index in [0.717, 1.165) is 5.56 Å². The highest BCUT2D eigenvalue weighted by Crippen LogP contribution is 2.21. The second-order valence-electron chi connectivity index (χ2n) is 4.57. The average molecular weight is 206 g/mol. The van der Waals surface area contributed by atoms with Gasteiger partial charge >= 0.3 is 0 Å². The summed E-state index contributed by atoms with van der Waals surface area (Å²) in [5, 5.41) is 2.76. The lowest BCUT2D eigenvalue weighted by Gasteiger charge is -2.18. The molecule has 0 radical (unpaired) electrons. The lowest BCUT2D eigenvalue weighted by molar-refractivity contribution is 0.0955. The number of nitrogens with zero attached hydrogens (tertiary/aromatic N) is 1. The zero-order valence-electron chi connectivity index (χ0n) is 9.79. The summed E-state index contributed by atoms with van der Waals surface area (Å²) >= 11 is 0. The molecule has 0 spiro atoms. The first kappa shape index (κ1) is 11.7. The molecule has 1 heterocycles. The van der Waals surface area contributed by atoms with Crippen LogP contribution in [-0.2, 0) is 5.41 Å². The second-order valence-corrected chi connectivity index (χ2v) is 4.57. The molecule has 0 saturated heterocycles. The molecular weight excluding hydrogens is 188 g/mol. The summed E-state index contributed by atoms with van der Waals surface area (Å²) in [5.74, 6) is -0.0592. The zero-order chi connectivity index (χ0) is 11.5. The van der Waals surface area contributed by atoms with Crippen molar-refractivity contribution in [2.45, 2.75) is 33.1 Å². The predicted molar refractivity (Wildman–Crippen MR) is 60.9 cm³/mol. The van der Waals surface area contributed by atoms with Crippen LogP contribution in [0.2, 0.25) is 0 Å². The molecule has 1 amide bonds. The summed E-state index contributed by atoms with van der Waals surface area (Å²) in [4.78, 5) is 15.7. The van der Waals surface area contributed by atoms with Gasteiger partial charge in [0.2, 0.25) is 0 Å². The normalized spacial score (nSPS) is 11.2. The highest BCUT2D eigenvalue weighted by atomic mass is 16.1. The number of amides is 1. The molecule has 1 rings (SSSR count). The summed E-state index contributed by atoms with van der Waals surface area (Å²) in [6, 6.07) is 1.90. The molecule has 0 bridgehead atoms. The van der Waals surface area contributed by atoms with E-state index in [9.17, 15) is 4.79 Å². The Morgan fingerprint density at radius 2 is 2.07 bits per heavy atom. The molecule has 0 aromatic carbocycles. The van der Waals surface area contributed by atoms with Gasteiger partial charge < -0.3 is 5.32 Å². The van der Waals surface area contributed by atoms with E-state index in [-0.39, 0.29) is 11.3 Å². The first-order valence-electron chi connectivity index (χ1n) is 5.19. The standard InChI is InChI=1S/C12H18N2O/c1-5-14-11(15)9-6-10(8-13-7-9)12(2,3)4/h6-8H,5H2,1-4H3,(H,14,15). The molecule has 0 unspecified atom stereocenters. The monoisotopic (exact) mass is 206 g/mol. The molecule has 15 heavy (non-hydrogen) atoms. The highest BCUT2D eigenvalue weighted by molar-refractivity contribution is 5.94. The van der Waals surface area contributed by atoms with E-state index in [2.05, 4.69) is 31.1 Å². The Kier molecular flexibility index (Phi) is 3.45. The lowest BCUT2D eigenvalue weighted by Crippen LogP contribution is -2.23. The van der Waals surface area contributed by atoms with Gasteiger partial charge in [-0.25, -0.2) is 0 Å². The van der Waals surface area contributed by atoms with Crippen LogP contribution in [0.25, 0.3) is 0 Å². The van der Waals surface area contributed by atoms with Crippen LogP contribution in [-0.4, -0.2) is 17.4 Å². The maximum atomic E-state index is 11.6. The summed E-state index contributed by atoms with van der Waals surface area (Å²) < 4.78 is 0. The van der Waals surface area contributed by atoms with Gasteiger partial charge in [-0.15, -0.1) is 0 Å². The smallest absolute Gasteiger partial charge is 0.252 e. The van der Waals surface area contributed by atoms with Crippen LogP contribution in [0.5, 0.6) is 0 Å². The topological polar surface area (TPSA) is 42.0 Å². The molecule has 1 aromatic rings. The molecule has 1 N–H and O–H groups in total. The highest BCUT2D eigenvalue weighted by Gasteiger charge is 2.15. The van der Waals surface area contributed by atoms with Crippen molar-refractivity contribution in [3.8, 4) is 0 Å². The Labute approximate surface area is 90.9 Å². The second kappa shape index (κ2) is 4.43. The van der Waals surface area contributed by atoms with Crippen LogP contribution < -0.4 is 5.32 Å². The number of hydrogen-bond donors (Lipinski definition) is 1. The van der Waals surface area contributed by atoms with Crippen LogP contribution in [0.15, 0.2) is 18.5 Å². The van der Waals surface area contributed by atoms with Crippen molar-refractivity contribution < 1.29 is 4.79 Å². The molecule has 0 aliphatic heterocycles. The van der Waals surface area contributed by atoms with Crippen molar-refractivity contribution in [1.82, 2.24) is 10.3 Å². The maximum absolute atomic E-state index is 11.6. The Hall–Kier alpha value is -1.38. The van der Waals surface area contributed by atoms with Crippen molar-refractivity contribution in [3.05, 3.63) is 29.6 Å². The third-order valence-corrected chi connectivity index (χ3v) is 2.20. The fraction of sp³-hybridized carbons (Fsp3) is 0.500. The molecular formula is C12H18N2O. The van der Waals surface area contributed by atoms with Gasteiger partial charge in [-0.2, -0.15) is 0 Å². The van der Waals surface area contributed by atoms with Crippen molar-refractivity contribution in [3.63, 3.8) is 0 Å². The number of aromatic nitrogens is 1. The van der Waals surface area contributed by atoms with Crippen LogP contribution in [0, 0.1) is 0 Å².